The molecule has 0 aromatic carbocycles. The highest BCUT2D eigenvalue weighted by atomic mass is 16.5. The summed E-state index contributed by atoms with van der Waals surface area (Å²) in [5.41, 5.74) is 0.818. The van der Waals surface area contributed by atoms with Gasteiger partial charge in [-0.2, -0.15) is 4.98 Å². The fourth-order valence-electron chi connectivity index (χ4n) is 1.42. The van der Waals surface area contributed by atoms with Crippen LogP contribution < -0.4 is 15.4 Å². The first-order chi connectivity index (χ1) is 9.01. The number of hydrogen-bond acceptors (Lipinski definition) is 5. The Balaban J connectivity index is 2.36. The molecule has 0 saturated carbocycles. The number of nitrogens with one attached hydrogen (secondary N) is 2. The normalized spacial score (nSPS) is 10.4. The molecule has 0 unspecified atom stereocenters. The monoisotopic (exact) mass is 266 g/mol. The van der Waals surface area contributed by atoms with Gasteiger partial charge in [0.25, 0.3) is 0 Å². The van der Waals surface area contributed by atoms with E-state index in [0.717, 1.165) is 5.69 Å². The Labute approximate surface area is 114 Å². The third-order valence-electron chi connectivity index (χ3n) is 2.38. The predicted octanol–water partition coefficient (Wildman–Crippen LogP) is 1.37. The molecule has 0 bridgehead atoms. The zero-order chi connectivity index (χ0) is 14.3. The summed E-state index contributed by atoms with van der Waals surface area (Å²) in [6.07, 6.45) is 0.395. The number of amides is 1. The molecule has 1 aromatic heterocycles. The second kappa shape index (κ2) is 7.56. The summed E-state index contributed by atoms with van der Waals surface area (Å²) >= 11 is 0. The van der Waals surface area contributed by atoms with E-state index in [9.17, 15) is 4.79 Å². The highest BCUT2D eigenvalue weighted by molar-refractivity contribution is 5.76. The van der Waals surface area contributed by atoms with Gasteiger partial charge in [-0.05, 0) is 12.8 Å². The Kier molecular flexibility index (Phi) is 6.05. The number of methoxy groups -OCH3 is 1. The first-order valence-corrected chi connectivity index (χ1v) is 6.41. The Hall–Kier alpha value is -1.85. The van der Waals surface area contributed by atoms with Crippen LogP contribution in [0.15, 0.2) is 6.07 Å². The maximum absolute atomic E-state index is 11.5. The summed E-state index contributed by atoms with van der Waals surface area (Å²) in [5.74, 6) is 1.48. The van der Waals surface area contributed by atoms with Gasteiger partial charge in [0.2, 0.25) is 17.7 Å². The second-order valence-corrected chi connectivity index (χ2v) is 4.75. The van der Waals surface area contributed by atoms with Crippen molar-refractivity contribution >= 4 is 11.9 Å². The minimum Gasteiger partial charge on any atom is -0.481 e. The Bertz CT molecular complexity index is 421. The third kappa shape index (κ3) is 6.03. The van der Waals surface area contributed by atoms with E-state index in [4.69, 9.17) is 4.74 Å². The lowest BCUT2D eigenvalue weighted by atomic mass is 10.2. The fourth-order valence-corrected chi connectivity index (χ4v) is 1.42. The van der Waals surface area contributed by atoms with Gasteiger partial charge in [0.15, 0.2) is 0 Å². The number of carbonyl (C=O) groups excluding carboxylic acids is 1. The quantitative estimate of drug-likeness (QED) is 0.779. The largest absolute Gasteiger partial charge is 0.481 e. The van der Waals surface area contributed by atoms with E-state index < -0.39 is 0 Å². The van der Waals surface area contributed by atoms with Crippen LogP contribution in [0.25, 0.3) is 0 Å². The number of hydrogen-bond donors (Lipinski definition) is 2. The van der Waals surface area contributed by atoms with Crippen molar-refractivity contribution in [2.75, 3.05) is 25.5 Å². The van der Waals surface area contributed by atoms with Gasteiger partial charge >= 0.3 is 0 Å². The van der Waals surface area contributed by atoms with Crippen LogP contribution in [0, 0.1) is 12.8 Å². The molecular formula is C13H22N4O2. The lowest BCUT2D eigenvalue weighted by Crippen LogP contribution is -2.28. The number of rotatable bonds is 7. The van der Waals surface area contributed by atoms with E-state index in [1.54, 1.807) is 13.2 Å². The molecule has 1 rings (SSSR count). The van der Waals surface area contributed by atoms with Crippen molar-refractivity contribution in [1.82, 2.24) is 15.3 Å². The van der Waals surface area contributed by atoms with Crippen molar-refractivity contribution in [3.63, 3.8) is 0 Å². The van der Waals surface area contributed by atoms with Crippen LogP contribution in [0.3, 0.4) is 0 Å². The van der Waals surface area contributed by atoms with Crippen LogP contribution in [0.2, 0.25) is 0 Å². The molecule has 1 aromatic rings. The van der Waals surface area contributed by atoms with Gasteiger partial charge in [-0.25, -0.2) is 4.98 Å². The number of carbonyl (C=O) groups is 1. The topological polar surface area (TPSA) is 76.1 Å². The van der Waals surface area contributed by atoms with E-state index in [2.05, 4.69) is 34.4 Å². The van der Waals surface area contributed by atoms with E-state index in [-0.39, 0.29) is 5.91 Å². The molecule has 0 aliphatic carbocycles. The zero-order valence-corrected chi connectivity index (χ0v) is 12.0. The van der Waals surface area contributed by atoms with Gasteiger partial charge in [-0.3, -0.25) is 4.79 Å². The lowest BCUT2D eigenvalue weighted by Gasteiger charge is -2.09. The van der Waals surface area contributed by atoms with E-state index in [0.29, 0.717) is 37.3 Å². The number of aromatic nitrogens is 2. The number of nitrogens with zero attached hydrogens (tertiary/aromatic N) is 2. The number of anilines is 1. The van der Waals surface area contributed by atoms with Crippen LogP contribution in [-0.2, 0) is 4.79 Å². The van der Waals surface area contributed by atoms with E-state index in [1.807, 2.05) is 6.92 Å². The summed E-state index contributed by atoms with van der Waals surface area (Å²) in [6, 6.07) is 1.75. The molecule has 1 heterocycles. The molecule has 0 radical (unpaired) electrons. The summed E-state index contributed by atoms with van der Waals surface area (Å²) in [4.78, 5) is 19.9. The lowest BCUT2D eigenvalue weighted by molar-refractivity contribution is -0.120. The number of ether oxygens (including phenoxy) is 1. The summed E-state index contributed by atoms with van der Waals surface area (Å²) in [7, 11) is 1.56. The molecule has 0 atom stereocenters. The second-order valence-electron chi connectivity index (χ2n) is 4.75. The molecule has 0 saturated heterocycles. The molecule has 106 valence electrons. The summed E-state index contributed by atoms with van der Waals surface area (Å²) in [6.45, 7) is 7.19. The Morgan fingerprint density at radius 3 is 2.79 bits per heavy atom. The molecule has 2 N–H and O–H groups in total. The molecule has 0 spiro atoms. The fraction of sp³-hybridized carbons (Fsp3) is 0.615. The Morgan fingerprint density at radius 2 is 2.16 bits per heavy atom. The maximum atomic E-state index is 11.5. The minimum atomic E-state index is 0.0285. The third-order valence-corrected chi connectivity index (χ3v) is 2.38. The van der Waals surface area contributed by atoms with Gasteiger partial charge in [0.05, 0.1) is 7.11 Å². The molecule has 1 amide bonds. The molecule has 0 aliphatic rings. The van der Waals surface area contributed by atoms with Gasteiger partial charge < -0.3 is 15.4 Å². The average molecular weight is 266 g/mol. The van der Waals surface area contributed by atoms with Crippen molar-refractivity contribution in [3.8, 4) is 5.88 Å². The molecule has 6 heteroatoms. The zero-order valence-electron chi connectivity index (χ0n) is 12.0. The van der Waals surface area contributed by atoms with Crippen molar-refractivity contribution < 1.29 is 9.53 Å². The highest BCUT2D eigenvalue weighted by Crippen LogP contribution is 2.10. The first kappa shape index (κ1) is 15.2. The average Bonchev–Trinajstić information content (AvgIpc) is 2.35. The van der Waals surface area contributed by atoms with Crippen molar-refractivity contribution in [2.24, 2.45) is 5.92 Å². The van der Waals surface area contributed by atoms with Crippen LogP contribution >= 0.6 is 0 Å². The molecular weight excluding hydrogens is 244 g/mol. The predicted molar refractivity (Wildman–Crippen MR) is 74.3 cm³/mol. The molecule has 19 heavy (non-hydrogen) atoms. The van der Waals surface area contributed by atoms with Crippen LogP contribution in [0.4, 0.5) is 5.95 Å². The maximum Gasteiger partial charge on any atom is 0.226 e. The highest BCUT2D eigenvalue weighted by Gasteiger charge is 2.04. The summed E-state index contributed by atoms with van der Waals surface area (Å²) in [5, 5.41) is 5.87. The number of aryl methyl sites for hydroxylation is 1. The van der Waals surface area contributed by atoms with Gasteiger partial charge in [0, 0.05) is 31.3 Å². The SMILES string of the molecule is COc1cc(C)nc(NCCC(=O)NCC(C)C)n1. The van der Waals surface area contributed by atoms with Crippen LogP contribution in [-0.4, -0.2) is 36.1 Å². The molecule has 0 fully saturated rings. The smallest absolute Gasteiger partial charge is 0.226 e. The van der Waals surface area contributed by atoms with E-state index in [1.165, 1.54) is 0 Å². The first-order valence-electron chi connectivity index (χ1n) is 6.41. The van der Waals surface area contributed by atoms with Crippen LogP contribution in [0.5, 0.6) is 5.88 Å². The summed E-state index contributed by atoms with van der Waals surface area (Å²) < 4.78 is 5.06. The van der Waals surface area contributed by atoms with Crippen molar-refractivity contribution in [3.05, 3.63) is 11.8 Å². The standard InChI is InChI=1S/C13H22N4O2/c1-9(2)8-15-11(18)5-6-14-13-16-10(3)7-12(17-13)19-4/h7,9H,5-6,8H2,1-4H3,(H,15,18)(H,14,16,17). The van der Waals surface area contributed by atoms with Crippen molar-refractivity contribution in [2.45, 2.75) is 27.2 Å². The van der Waals surface area contributed by atoms with Gasteiger partial charge in [-0.1, -0.05) is 13.8 Å². The Morgan fingerprint density at radius 1 is 1.42 bits per heavy atom. The van der Waals surface area contributed by atoms with Crippen LogP contribution in [0.1, 0.15) is 26.0 Å². The van der Waals surface area contributed by atoms with E-state index >= 15 is 0 Å². The van der Waals surface area contributed by atoms with Gasteiger partial charge in [-0.15, -0.1) is 0 Å². The van der Waals surface area contributed by atoms with Gasteiger partial charge in [0.1, 0.15) is 0 Å². The molecule has 0 aliphatic heterocycles. The minimum absolute atomic E-state index is 0.0285. The van der Waals surface area contributed by atoms with Crippen molar-refractivity contribution in [1.29, 1.82) is 0 Å². The molecule has 6 nitrogen and oxygen atoms in total.